The number of rotatable bonds is 7. The van der Waals surface area contributed by atoms with Gasteiger partial charge < -0.3 is 16.0 Å². The van der Waals surface area contributed by atoms with Crippen molar-refractivity contribution < 1.29 is 22.8 Å². The zero-order chi connectivity index (χ0) is 23.3. The quantitative estimate of drug-likeness (QED) is 0.472. The van der Waals surface area contributed by atoms with Crippen LogP contribution in [0, 0.1) is 13.8 Å². The maximum atomic E-state index is 12.4. The van der Waals surface area contributed by atoms with E-state index in [0.717, 1.165) is 21.8 Å². The van der Waals surface area contributed by atoms with Gasteiger partial charge in [0.25, 0.3) is 5.91 Å². The van der Waals surface area contributed by atoms with Crippen LogP contribution >= 0.6 is 11.3 Å². The molecular formula is C22H21F3N4O2S. The normalized spacial score (nSPS) is 11.2. The molecule has 1 heterocycles. The third kappa shape index (κ3) is 6.55. The molecular weight excluding hydrogens is 441 g/mol. The summed E-state index contributed by atoms with van der Waals surface area (Å²) in [5.74, 6) is -1.16. The first kappa shape index (κ1) is 23.3. The third-order valence-electron chi connectivity index (χ3n) is 4.45. The summed E-state index contributed by atoms with van der Waals surface area (Å²) >= 11 is 1.54. The fourth-order valence-electron chi connectivity index (χ4n) is 2.87. The molecule has 32 heavy (non-hydrogen) atoms. The van der Waals surface area contributed by atoms with Crippen molar-refractivity contribution in [1.29, 1.82) is 0 Å². The molecule has 1 aromatic heterocycles. The van der Waals surface area contributed by atoms with E-state index in [4.69, 9.17) is 0 Å². The van der Waals surface area contributed by atoms with Gasteiger partial charge >= 0.3 is 6.18 Å². The first-order chi connectivity index (χ1) is 15.1. The van der Waals surface area contributed by atoms with E-state index >= 15 is 0 Å². The second kappa shape index (κ2) is 9.82. The van der Waals surface area contributed by atoms with Crippen molar-refractivity contribution in [1.82, 2.24) is 10.3 Å². The minimum atomic E-state index is -4.49. The van der Waals surface area contributed by atoms with Gasteiger partial charge in [-0.2, -0.15) is 13.2 Å². The van der Waals surface area contributed by atoms with Crippen LogP contribution in [0.3, 0.4) is 0 Å². The Morgan fingerprint density at radius 3 is 2.56 bits per heavy atom. The lowest BCUT2D eigenvalue weighted by Crippen LogP contribution is -2.33. The summed E-state index contributed by atoms with van der Waals surface area (Å²) in [5.41, 5.74) is 3.61. The molecule has 0 atom stereocenters. The Balaban J connectivity index is 1.61. The molecule has 3 aromatic rings. The standard InChI is InChI=1S/C22H21F3N4O2S/c1-13-6-7-16(21(31)27-12-22(23,24)25)9-18(13)26-10-20(30)29-17-5-3-4-15(8-17)19-11-32-14(2)28-19/h3-9,11,26H,10,12H2,1-2H3,(H,27,31)(H,29,30). The van der Waals surface area contributed by atoms with Crippen molar-refractivity contribution in [2.75, 3.05) is 23.7 Å². The fourth-order valence-corrected chi connectivity index (χ4v) is 3.49. The van der Waals surface area contributed by atoms with E-state index in [1.807, 2.05) is 35.8 Å². The van der Waals surface area contributed by atoms with E-state index in [1.54, 1.807) is 30.4 Å². The van der Waals surface area contributed by atoms with E-state index in [0.29, 0.717) is 11.4 Å². The molecule has 3 rings (SSSR count). The Morgan fingerprint density at radius 1 is 1.09 bits per heavy atom. The van der Waals surface area contributed by atoms with Crippen LogP contribution < -0.4 is 16.0 Å². The van der Waals surface area contributed by atoms with E-state index in [9.17, 15) is 22.8 Å². The molecule has 0 fully saturated rings. The van der Waals surface area contributed by atoms with Crippen molar-refractivity contribution >= 4 is 34.5 Å². The number of alkyl halides is 3. The lowest BCUT2D eigenvalue weighted by atomic mass is 10.1. The average Bonchev–Trinajstić information content (AvgIpc) is 3.17. The Bertz CT molecular complexity index is 1130. The van der Waals surface area contributed by atoms with Crippen LogP contribution in [-0.4, -0.2) is 36.1 Å². The van der Waals surface area contributed by atoms with Gasteiger partial charge in [-0.3, -0.25) is 9.59 Å². The van der Waals surface area contributed by atoms with E-state index < -0.39 is 18.6 Å². The summed E-state index contributed by atoms with van der Waals surface area (Å²) in [5, 5.41) is 10.4. The highest BCUT2D eigenvalue weighted by atomic mass is 32.1. The number of nitrogens with one attached hydrogen (secondary N) is 3. The molecule has 168 valence electrons. The second-order valence-electron chi connectivity index (χ2n) is 7.06. The molecule has 6 nitrogen and oxygen atoms in total. The van der Waals surface area contributed by atoms with Gasteiger partial charge in [0.1, 0.15) is 6.54 Å². The number of aromatic nitrogens is 1. The molecule has 0 saturated heterocycles. The minimum Gasteiger partial charge on any atom is -0.376 e. The molecule has 0 saturated carbocycles. The van der Waals surface area contributed by atoms with E-state index in [-0.39, 0.29) is 18.0 Å². The Kier molecular flexibility index (Phi) is 7.14. The maximum absolute atomic E-state index is 12.4. The number of carbonyl (C=O) groups excluding carboxylic acids is 2. The number of hydrogen-bond acceptors (Lipinski definition) is 5. The number of aryl methyl sites for hydroxylation is 2. The van der Waals surface area contributed by atoms with Gasteiger partial charge in [0.15, 0.2) is 0 Å². The van der Waals surface area contributed by atoms with Gasteiger partial charge in [0, 0.05) is 27.9 Å². The molecule has 0 aliphatic carbocycles. The van der Waals surface area contributed by atoms with Crippen LogP contribution in [0.15, 0.2) is 47.8 Å². The first-order valence-corrected chi connectivity index (χ1v) is 10.5. The maximum Gasteiger partial charge on any atom is 0.405 e. The van der Waals surface area contributed by atoms with Crippen molar-refractivity contribution in [3.8, 4) is 11.3 Å². The van der Waals surface area contributed by atoms with E-state index in [2.05, 4.69) is 15.6 Å². The predicted molar refractivity (Wildman–Crippen MR) is 119 cm³/mol. The number of nitrogens with zero attached hydrogens (tertiary/aromatic N) is 1. The summed E-state index contributed by atoms with van der Waals surface area (Å²) < 4.78 is 36.9. The molecule has 0 aliphatic rings. The predicted octanol–water partition coefficient (Wildman–Crippen LogP) is 4.77. The topological polar surface area (TPSA) is 83.1 Å². The van der Waals surface area contributed by atoms with Crippen LogP contribution in [0.1, 0.15) is 20.9 Å². The van der Waals surface area contributed by atoms with Crippen molar-refractivity contribution in [3.63, 3.8) is 0 Å². The van der Waals surface area contributed by atoms with Gasteiger partial charge in [0.05, 0.1) is 17.2 Å². The van der Waals surface area contributed by atoms with Gasteiger partial charge in [-0.25, -0.2) is 4.98 Å². The highest BCUT2D eigenvalue weighted by Crippen LogP contribution is 2.24. The van der Waals surface area contributed by atoms with Crippen LogP contribution in [0.2, 0.25) is 0 Å². The second-order valence-corrected chi connectivity index (χ2v) is 8.12. The number of carbonyl (C=O) groups is 2. The SMILES string of the molecule is Cc1nc(-c2cccc(NC(=O)CNc3cc(C(=O)NCC(F)(F)F)ccc3C)c2)cs1. The number of benzene rings is 2. The molecule has 0 spiro atoms. The minimum absolute atomic E-state index is 0.0639. The van der Waals surface area contributed by atoms with Gasteiger partial charge in [-0.15, -0.1) is 11.3 Å². The molecule has 3 N–H and O–H groups in total. The monoisotopic (exact) mass is 462 g/mol. The lowest BCUT2D eigenvalue weighted by Gasteiger charge is -2.13. The molecule has 0 unspecified atom stereocenters. The average molecular weight is 462 g/mol. The summed E-state index contributed by atoms with van der Waals surface area (Å²) in [6.07, 6.45) is -4.49. The highest BCUT2D eigenvalue weighted by Gasteiger charge is 2.28. The van der Waals surface area contributed by atoms with Crippen LogP contribution in [0.5, 0.6) is 0 Å². The van der Waals surface area contributed by atoms with E-state index in [1.165, 1.54) is 12.1 Å². The number of anilines is 2. The Hall–Kier alpha value is -3.40. The lowest BCUT2D eigenvalue weighted by molar-refractivity contribution is -0.123. The smallest absolute Gasteiger partial charge is 0.376 e. The Labute approximate surface area is 186 Å². The number of amides is 2. The number of halogens is 3. The van der Waals surface area contributed by atoms with Crippen molar-refractivity contribution in [2.24, 2.45) is 0 Å². The molecule has 2 aromatic carbocycles. The molecule has 2 amide bonds. The summed E-state index contributed by atoms with van der Waals surface area (Å²) in [6.45, 7) is 2.18. The first-order valence-electron chi connectivity index (χ1n) is 9.62. The molecule has 0 radical (unpaired) electrons. The van der Waals surface area contributed by atoms with Crippen LogP contribution in [0.25, 0.3) is 11.3 Å². The molecule has 10 heteroatoms. The fraction of sp³-hybridized carbons (Fsp3) is 0.227. The Morgan fingerprint density at radius 2 is 1.88 bits per heavy atom. The summed E-state index contributed by atoms with van der Waals surface area (Å²) in [7, 11) is 0. The van der Waals surface area contributed by atoms with Gasteiger partial charge in [0.2, 0.25) is 5.91 Å². The zero-order valence-electron chi connectivity index (χ0n) is 17.3. The van der Waals surface area contributed by atoms with Gasteiger partial charge in [-0.1, -0.05) is 18.2 Å². The van der Waals surface area contributed by atoms with Crippen molar-refractivity contribution in [3.05, 3.63) is 64.0 Å². The largest absolute Gasteiger partial charge is 0.405 e. The molecule has 0 bridgehead atoms. The summed E-state index contributed by atoms with van der Waals surface area (Å²) in [6, 6.07) is 11.8. The van der Waals surface area contributed by atoms with Gasteiger partial charge in [-0.05, 0) is 43.7 Å². The summed E-state index contributed by atoms with van der Waals surface area (Å²) in [4.78, 5) is 28.8. The number of hydrogen-bond donors (Lipinski definition) is 3. The van der Waals surface area contributed by atoms with Crippen molar-refractivity contribution in [2.45, 2.75) is 20.0 Å². The van der Waals surface area contributed by atoms with Crippen LogP contribution in [0.4, 0.5) is 24.5 Å². The highest BCUT2D eigenvalue weighted by molar-refractivity contribution is 7.09. The zero-order valence-corrected chi connectivity index (χ0v) is 18.2. The van der Waals surface area contributed by atoms with Crippen LogP contribution in [-0.2, 0) is 4.79 Å². The number of thiazole rings is 1. The molecule has 0 aliphatic heterocycles. The third-order valence-corrected chi connectivity index (χ3v) is 5.22.